The second-order valence-electron chi connectivity index (χ2n) is 3.58. The van der Waals surface area contributed by atoms with Crippen molar-refractivity contribution in [1.29, 1.82) is 0 Å². The molecule has 0 bridgehead atoms. The Morgan fingerprint density at radius 3 is 2.87 bits per heavy atom. The molecule has 84 valence electrons. The largest absolute Gasteiger partial charge is 0.378 e. The van der Waals surface area contributed by atoms with E-state index in [2.05, 4.69) is 5.32 Å². The van der Waals surface area contributed by atoms with Gasteiger partial charge in [0.2, 0.25) is 0 Å². The summed E-state index contributed by atoms with van der Waals surface area (Å²) in [6.07, 6.45) is 0. The third-order valence-electron chi connectivity index (χ3n) is 2.53. The molecule has 1 aliphatic rings. The van der Waals surface area contributed by atoms with E-state index in [-0.39, 0.29) is 24.3 Å². The number of halogens is 2. The number of nitrogens with one attached hydrogen (secondary N) is 1. The van der Waals surface area contributed by atoms with E-state index in [1.165, 1.54) is 6.07 Å². The molecule has 0 saturated carbocycles. The highest BCUT2D eigenvalue weighted by Gasteiger charge is 2.16. The maximum Gasteiger partial charge on any atom is 0.123 e. The zero-order valence-corrected chi connectivity index (χ0v) is 9.44. The molecule has 1 aliphatic heterocycles. The SMILES string of the molecule is Cc1cc(F)ccc1[C@H]1COCCN1.Cl. The molecular formula is C11H15ClFNO. The van der Waals surface area contributed by atoms with Gasteiger partial charge in [0.25, 0.3) is 0 Å². The first-order valence-electron chi connectivity index (χ1n) is 4.84. The summed E-state index contributed by atoms with van der Waals surface area (Å²) in [5.74, 6) is -0.178. The van der Waals surface area contributed by atoms with Crippen molar-refractivity contribution < 1.29 is 9.13 Å². The predicted molar refractivity (Wildman–Crippen MR) is 59.9 cm³/mol. The van der Waals surface area contributed by atoms with Crippen LogP contribution in [0, 0.1) is 12.7 Å². The third-order valence-corrected chi connectivity index (χ3v) is 2.53. The van der Waals surface area contributed by atoms with Crippen LogP contribution in [-0.2, 0) is 4.74 Å². The van der Waals surface area contributed by atoms with E-state index in [0.717, 1.165) is 24.3 Å². The number of hydrogen-bond acceptors (Lipinski definition) is 2. The second-order valence-corrected chi connectivity index (χ2v) is 3.58. The molecule has 1 heterocycles. The minimum atomic E-state index is -0.178. The Kier molecular flexibility index (Phi) is 4.51. The quantitative estimate of drug-likeness (QED) is 0.800. The van der Waals surface area contributed by atoms with E-state index in [1.807, 2.05) is 13.0 Å². The zero-order valence-electron chi connectivity index (χ0n) is 8.63. The van der Waals surface area contributed by atoms with Gasteiger partial charge in [-0.05, 0) is 30.2 Å². The van der Waals surface area contributed by atoms with Gasteiger partial charge in [-0.2, -0.15) is 0 Å². The summed E-state index contributed by atoms with van der Waals surface area (Å²) in [5.41, 5.74) is 2.11. The van der Waals surface area contributed by atoms with Crippen molar-refractivity contribution in [2.45, 2.75) is 13.0 Å². The molecule has 1 atom stereocenters. The molecule has 15 heavy (non-hydrogen) atoms. The molecule has 1 N–H and O–H groups in total. The van der Waals surface area contributed by atoms with E-state index in [9.17, 15) is 4.39 Å². The van der Waals surface area contributed by atoms with Crippen molar-refractivity contribution in [3.63, 3.8) is 0 Å². The summed E-state index contributed by atoms with van der Waals surface area (Å²) in [6.45, 7) is 4.22. The first-order chi connectivity index (χ1) is 6.77. The highest BCUT2D eigenvalue weighted by molar-refractivity contribution is 5.85. The van der Waals surface area contributed by atoms with E-state index in [0.29, 0.717) is 6.61 Å². The number of aryl methyl sites for hydroxylation is 1. The molecule has 1 aromatic rings. The van der Waals surface area contributed by atoms with Gasteiger partial charge in [-0.1, -0.05) is 6.07 Å². The highest BCUT2D eigenvalue weighted by Crippen LogP contribution is 2.20. The van der Waals surface area contributed by atoms with Crippen LogP contribution >= 0.6 is 12.4 Å². The molecule has 1 saturated heterocycles. The maximum absolute atomic E-state index is 12.9. The van der Waals surface area contributed by atoms with Gasteiger partial charge in [0.15, 0.2) is 0 Å². The Balaban J connectivity index is 0.00000112. The predicted octanol–water partition coefficient (Wildman–Crippen LogP) is 2.22. The van der Waals surface area contributed by atoms with Gasteiger partial charge in [-0.25, -0.2) is 4.39 Å². The van der Waals surface area contributed by atoms with Gasteiger partial charge in [-0.15, -0.1) is 12.4 Å². The topological polar surface area (TPSA) is 21.3 Å². The third kappa shape index (κ3) is 2.91. The Morgan fingerprint density at radius 1 is 1.47 bits per heavy atom. The van der Waals surface area contributed by atoms with Crippen LogP contribution in [0.2, 0.25) is 0 Å². The Bertz CT molecular complexity index is 326. The number of ether oxygens (including phenoxy) is 1. The summed E-state index contributed by atoms with van der Waals surface area (Å²) in [7, 11) is 0. The normalized spacial score (nSPS) is 20.8. The molecule has 0 aliphatic carbocycles. The van der Waals surface area contributed by atoms with Crippen molar-refractivity contribution in [3.05, 3.63) is 35.1 Å². The molecule has 2 nitrogen and oxygen atoms in total. The van der Waals surface area contributed by atoms with Crippen molar-refractivity contribution in [1.82, 2.24) is 5.32 Å². The molecular weight excluding hydrogens is 217 g/mol. The lowest BCUT2D eigenvalue weighted by Crippen LogP contribution is -2.34. The number of rotatable bonds is 1. The van der Waals surface area contributed by atoms with Crippen LogP contribution in [0.15, 0.2) is 18.2 Å². The van der Waals surface area contributed by atoms with Crippen molar-refractivity contribution in [3.8, 4) is 0 Å². The van der Waals surface area contributed by atoms with Gasteiger partial charge >= 0.3 is 0 Å². The van der Waals surface area contributed by atoms with Crippen LogP contribution < -0.4 is 5.32 Å². The Labute approximate surface area is 95.2 Å². The monoisotopic (exact) mass is 231 g/mol. The van der Waals surface area contributed by atoms with E-state index in [1.54, 1.807) is 6.07 Å². The zero-order chi connectivity index (χ0) is 9.97. The van der Waals surface area contributed by atoms with Crippen molar-refractivity contribution in [2.24, 2.45) is 0 Å². The summed E-state index contributed by atoms with van der Waals surface area (Å²) in [6, 6.07) is 5.10. The fourth-order valence-electron chi connectivity index (χ4n) is 1.80. The van der Waals surface area contributed by atoms with E-state index >= 15 is 0 Å². The van der Waals surface area contributed by atoms with Gasteiger partial charge < -0.3 is 10.1 Å². The smallest absolute Gasteiger partial charge is 0.123 e. The molecule has 4 heteroatoms. The first-order valence-corrected chi connectivity index (χ1v) is 4.84. The fourth-order valence-corrected chi connectivity index (χ4v) is 1.80. The van der Waals surface area contributed by atoms with E-state index in [4.69, 9.17) is 4.74 Å². The van der Waals surface area contributed by atoms with Crippen LogP contribution in [0.25, 0.3) is 0 Å². The van der Waals surface area contributed by atoms with Crippen molar-refractivity contribution in [2.75, 3.05) is 19.8 Å². The second kappa shape index (κ2) is 5.45. The lowest BCUT2D eigenvalue weighted by molar-refractivity contribution is 0.0766. The molecule has 2 rings (SSSR count). The van der Waals surface area contributed by atoms with Gasteiger partial charge in [0, 0.05) is 6.54 Å². The number of benzene rings is 1. The van der Waals surface area contributed by atoms with Crippen LogP contribution in [0.5, 0.6) is 0 Å². The van der Waals surface area contributed by atoms with Crippen LogP contribution in [0.1, 0.15) is 17.2 Å². The van der Waals surface area contributed by atoms with Crippen LogP contribution in [-0.4, -0.2) is 19.8 Å². The molecule has 0 unspecified atom stereocenters. The maximum atomic E-state index is 12.9. The Morgan fingerprint density at radius 2 is 2.27 bits per heavy atom. The lowest BCUT2D eigenvalue weighted by atomic mass is 10.0. The minimum absolute atomic E-state index is 0. The Hall–Kier alpha value is -0.640. The summed E-state index contributed by atoms with van der Waals surface area (Å²) in [5, 5.41) is 3.35. The summed E-state index contributed by atoms with van der Waals surface area (Å²) < 4.78 is 18.2. The molecule has 0 amide bonds. The molecule has 0 aromatic heterocycles. The minimum Gasteiger partial charge on any atom is -0.378 e. The van der Waals surface area contributed by atoms with Gasteiger partial charge in [0.1, 0.15) is 5.82 Å². The van der Waals surface area contributed by atoms with Gasteiger partial charge in [0.05, 0.1) is 19.3 Å². The number of morpholine rings is 1. The standard InChI is InChI=1S/C11H14FNO.ClH/c1-8-6-9(12)2-3-10(8)11-7-14-5-4-13-11;/h2-3,6,11,13H,4-5,7H2,1H3;1H/t11-;/m1./s1. The van der Waals surface area contributed by atoms with Gasteiger partial charge in [-0.3, -0.25) is 0 Å². The average molecular weight is 232 g/mol. The lowest BCUT2D eigenvalue weighted by Gasteiger charge is -2.25. The van der Waals surface area contributed by atoms with E-state index < -0.39 is 0 Å². The summed E-state index contributed by atoms with van der Waals surface area (Å²) >= 11 is 0. The molecule has 1 aromatic carbocycles. The van der Waals surface area contributed by atoms with Crippen LogP contribution in [0.3, 0.4) is 0 Å². The highest BCUT2D eigenvalue weighted by atomic mass is 35.5. The molecule has 1 fully saturated rings. The number of hydrogen-bond donors (Lipinski definition) is 1. The fraction of sp³-hybridized carbons (Fsp3) is 0.455. The average Bonchev–Trinajstić information content (AvgIpc) is 2.19. The first kappa shape index (κ1) is 12.4. The summed E-state index contributed by atoms with van der Waals surface area (Å²) in [4.78, 5) is 0. The molecule has 0 radical (unpaired) electrons. The van der Waals surface area contributed by atoms with Crippen LogP contribution in [0.4, 0.5) is 4.39 Å². The molecule has 0 spiro atoms. The van der Waals surface area contributed by atoms with Crippen molar-refractivity contribution >= 4 is 12.4 Å².